The predicted octanol–water partition coefficient (Wildman–Crippen LogP) is 1.20. The van der Waals surface area contributed by atoms with Crippen molar-refractivity contribution >= 4 is 8.60 Å². The molecule has 0 aromatic carbocycles. The topological polar surface area (TPSA) is 41.5 Å². The Balaban J connectivity index is 3.07. The fourth-order valence-electron chi connectivity index (χ4n) is 0.317. The van der Waals surface area contributed by atoms with E-state index in [4.69, 9.17) is 4.52 Å². The van der Waals surface area contributed by atoms with E-state index in [2.05, 4.69) is 11.1 Å². The fourth-order valence-corrected chi connectivity index (χ4v) is 0.950. The lowest BCUT2D eigenvalue weighted by Crippen LogP contribution is -2.03. The van der Waals surface area contributed by atoms with Gasteiger partial charge in [-0.3, -0.25) is 0 Å². The van der Waals surface area contributed by atoms with E-state index in [9.17, 15) is 4.89 Å². The second-order valence-electron chi connectivity index (χ2n) is 1.64. The van der Waals surface area contributed by atoms with Crippen molar-refractivity contribution in [2.75, 3.05) is 13.2 Å². The Bertz CT molecular complexity index is 87.1. The minimum absolute atomic E-state index is 0.277. The molecule has 3 nitrogen and oxygen atoms in total. The van der Waals surface area contributed by atoms with Gasteiger partial charge in [-0.25, -0.2) is 0 Å². The molecule has 0 rings (SSSR count). The van der Waals surface area contributed by atoms with Crippen molar-refractivity contribution in [2.45, 2.75) is 13.3 Å². The quantitative estimate of drug-likeness (QED) is 0.436. The molecule has 0 aromatic rings. The van der Waals surface area contributed by atoms with Crippen LogP contribution >= 0.6 is 8.60 Å². The maximum atomic E-state index is 10.6. The molecule has 60 valence electrons. The van der Waals surface area contributed by atoms with Crippen LogP contribution in [-0.4, -0.2) is 13.2 Å². The summed E-state index contributed by atoms with van der Waals surface area (Å²) < 4.78 is 9.39. The number of hydrogen-bond donors (Lipinski definition) is 0. The van der Waals surface area contributed by atoms with Crippen molar-refractivity contribution in [3.05, 3.63) is 12.7 Å². The van der Waals surface area contributed by atoms with Crippen LogP contribution in [0.3, 0.4) is 0 Å². The zero-order valence-corrected chi connectivity index (χ0v) is 6.97. The van der Waals surface area contributed by atoms with E-state index in [1.54, 1.807) is 0 Å². The van der Waals surface area contributed by atoms with Gasteiger partial charge in [-0.15, -0.1) is 6.58 Å². The SMILES string of the molecule is C=CCOP([O-])OCCC. The highest BCUT2D eigenvalue weighted by Gasteiger charge is 1.90. The summed E-state index contributed by atoms with van der Waals surface area (Å²) in [5, 5.41) is 0. The summed E-state index contributed by atoms with van der Waals surface area (Å²) >= 11 is 0. The van der Waals surface area contributed by atoms with Crippen LogP contribution in [0.4, 0.5) is 0 Å². The van der Waals surface area contributed by atoms with Gasteiger partial charge >= 0.3 is 0 Å². The smallest absolute Gasteiger partial charge is 0.0833 e. The lowest BCUT2D eigenvalue weighted by molar-refractivity contribution is -0.203. The summed E-state index contributed by atoms with van der Waals surface area (Å²) in [5.74, 6) is 0. The van der Waals surface area contributed by atoms with Gasteiger partial charge in [0.05, 0.1) is 21.8 Å². The highest BCUT2D eigenvalue weighted by atomic mass is 31.2. The Hall–Kier alpha value is 0.0500. The molecule has 0 saturated carbocycles. The van der Waals surface area contributed by atoms with E-state index >= 15 is 0 Å². The first kappa shape index (κ1) is 10.0. The highest BCUT2D eigenvalue weighted by molar-refractivity contribution is 7.39. The molecule has 0 N–H and O–H groups in total. The third-order valence-electron chi connectivity index (χ3n) is 0.699. The van der Waals surface area contributed by atoms with Crippen molar-refractivity contribution in [1.29, 1.82) is 0 Å². The van der Waals surface area contributed by atoms with Crippen molar-refractivity contribution in [3.63, 3.8) is 0 Å². The van der Waals surface area contributed by atoms with E-state index < -0.39 is 8.60 Å². The Morgan fingerprint density at radius 3 is 2.80 bits per heavy atom. The first-order valence-corrected chi connectivity index (χ1v) is 4.24. The van der Waals surface area contributed by atoms with Crippen molar-refractivity contribution in [2.24, 2.45) is 0 Å². The lowest BCUT2D eigenvalue weighted by atomic mass is 10.5. The molecule has 0 amide bonds. The maximum absolute atomic E-state index is 10.6. The molecule has 4 heteroatoms. The van der Waals surface area contributed by atoms with Gasteiger partial charge in [0.25, 0.3) is 0 Å². The number of rotatable bonds is 6. The first-order valence-electron chi connectivity index (χ1n) is 3.15. The van der Waals surface area contributed by atoms with Gasteiger partial charge in [-0.1, -0.05) is 13.0 Å². The molecule has 0 bridgehead atoms. The van der Waals surface area contributed by atoms with E-state index in [0.717, 1.165) is 6.42 Å². The Morgan fingerprint density at radius 1 is 1.60 bits per heavy atom. The summed E-state index contributed by atoms with van der Waals surface area (Å²) in [6.07, 6.45) is 2.38. The van der Waals surface area contributed by atoms with Gasteiger partial charge in [0.15, 0.2) is 0 Å². The van der Waals surface area contributed by atoms with Gasteiger partial charge in [0.1, 0.15) is 0 Å². The van der Waals surface area contributed by atoms with Gasteiger partial charge in [0, 0.05) is 0 Å². The van der Waals surface area contributed by atoms with Crippen LogP contribution in [-0.2, 0) is 9.05 Å². The van der Waals surface area contributed by atoms with Crippen LogP contribution in [0.15, 0.2) is 12.7 Å². The first-order chi connectivity index (χ1) is 4.81. The van der Waals surface area contributed by atoms with Gasteiger partial charge in [-0.05, 0) is 6.42 Å². The van der Waals surface area contributed by atoms with Crippen LogP contribution in [0.5, 0.6) is 0 Å². The Kier molecular flexibility index (Phi) is 7.20. The van der Waals surface area contributed by atoms with E-state index in [0.29, 0.717) is 6.61 Å². The highest BCUT2D eigenvalue weighted by Crippen LogP contribution is 2.26. The molecule has 0 saturated heterocycles. The maximum Gasteiger partial charge on any atom is 0.0833 e. The lowest BCUT2D eigenvalue weighted by Gasteiger charge is -2.20. The zero-order chi connectivity index (χ0) is 7.82. The van der Waals surface area contributed by atoms with Gasteiger partial charge in [-0.2, -0.15) is 0 Å². The molecular formula is C6H12O3P-. The summed E-state index contributed by atoms with van der Waals surface area (Å²) in [6, 6.07) is 0. The second kappa shape index (κ2) is 7.16. The molecule has 0 aliphatic rings. The minimum Gasteiger partial charge on any atom is -0.786 e. The standard InChI is InChI=1S/C6H12O3P/c1-3-5-8-10(7)9-6-4-2/h3H,1,4-6H2,2H3/q-1. The molecule has 0 heterocycles. The van der Waals surface area contributed by atoms with Crippen LogP contribution in [0.25, 0.3) is 0 Å². The van der Waals surface area contributed by atoms with Crippen LogP contribution in [0.1, 0.15) is 13.3 Å². The molecule has 0 aliphatic carbocycles. The molecule has 0 fully saturated rings. The number of hydrogen-bond acceptors (Lipinski definition) is 3. The van der Waals surface area contributed by atoms with Crippen molar-refractivity contribution in [3.8, 4) is 0 Å². The third-order valence-corrected chi connectivity index (χ3v) is 1.45. The molecule has 0 aromatic heterocycles. The largest absolute Gasteiger partial charge is 0.786 e. The van der Waals surface area contributed by atoms with Crippen molar-refractivity contribution < 1.29 is 13.9 Å². The molecular weight excluding hydrogens is 151 g/mol. The van der Waals surface area contributed by atoms with Crippen molar-refractivity contribution in [1.82, 2.24) is 0 Å². The summed E-state index contributed by atoms with van der Waals surface area (Å²) in [6.45, 7) is 6.10. The minimum atomic E-state index is -1.91. The molecule has 1 atom stereocenters. The summed E-state index contributed by atoms with van der Waals surface area (Å²) in [5.41, 5.74) is 0. The van der Waals surface area contributed by atoms with E-state index in [1.165, 1.54) is 6.08 Å². The molecule has 1 unspecified atom stereocenters. The third kappa shape index (κ3) is 6.17. The average Bonchev–Trinajstić information content (AvgIpc) is 1.97. The fraction of sp³-hybridized carbons (Fsp3) is 0.667. The molecule has 0 radical (unpaired) electrons. The Labute approximate surface area is 62.7 Å². The molecule has 10 heavy (non-hydrogen) atoms. The van der Waals surface area contributed by atoms with E-state index in [-0.39, 0.29) is 6.61 Å². The molecule has 0 aliphatic heterocycles. The summed E-state index contributed by atoms with van der Waals surface area (Å²) in [4.78, 5) is 10.6. The van der Waals surface area contributed by atoms with Crippen LogP contribution < -0.4 is 4.89 Å². The molecule has 0 spiro atoms. The van der Waals surface area contributed by atoms with Gasteiger partial charge < -0.3 is 13.9 Å². The van der Waals surface area contributed by atoms with Crippen LogP contribution in [0, 0.1) is 0 Å². The average molecular weight is 163 g/mol. The van der Waals surface area contributed by atoms with Gasteiger partial charge in [0.2, 0.25) is 0 Å². The zero-order valence-electron chi connectivity index (χ0n) is 6.08. The normalized spacial score (nSPS) is 13.0. The van der Waals surface area contributed by atoms with Crippen LogP contribution in [0.2, 0.25) is 0 Å². The second-order valence-corrected chi connectivity index (χ2v) is 2.60. The monoisotopic (exact) mass is 163 g/mol. The Morgan fingerprint density at radius 2 is 2.30 bits per heavy atom. The van der Waals surface area contributed by atoms with E-state index in [1.807, 2.05) is 6.92 Å². The predicted molar refractivity (Wildman–Crippen MR) is 39.3 cm³/mol. The summed E-state index contributed by atoms with van der Waals surface area (Å²) in [7, 11) is -1.91.